The van der Waals surface area contributed by atoms with Gasteiger partial charge in [0.1, 0.15) is 10.1 Å². The summed E-state index contributed by atoms with van der Waals surface area (Å²) in [6.07, 6.45) is 3.20. The third kappa shape index (κ3) is 11.6. The van der Waals surface area contributed by atoms with E-state index in [0.717, 1.165) is 0 Å². The summed E-state index contributed by atoms with van der Waals surface area (Å²) in [5, 5.41) is 18.3. The van der Waals surface area contributed by atoms with Crippen LogP contribution in [0.5, 0.6) is 0 Å². The van der Waals surface area contributed by atoms with Gasteiger partial charge in [-0.2, -0.15) is 35.5 Å². The summed E-state index contributed by atoms with van der Waals surface area (Å²) >= 11 is 0. The summed E-state index contributed by atoms with van der Waals surface area (Å²) in [6.45, 7) is 10.2. The number of hydrogen-bond donors (Lipinski definition) is 6. The molecule has 6 N–H and O–H groups in total. The van der Waals surface area contributed by atoms with E-state index in [-0.39, 0.29) is 70.6 Å². The SMILES string of the molecule is CCNc1nc(NCC)nc(Nc2c[c-]c(/C=C/c3ccc(Nc4nc(NCC)nc(NCC)n4)cc3S(=O)(=O)[O-])cc2)n1.[Na+].[Na+]. The average molecular weight is 665 g/mol. The van der Waals surface area contributed by atoms with Crippen LogP contribution in [0, 0.1) is 6.07 Å². The van der Waals surface area contributed by atoms with E-state index < -0.39 is 15.0 Å². The Morgan fingerprint density at radius 2 is 1.09 bits per heavy atom. The molecule has 0 saturated heterocycles. The molecular formula is C28H34N12Na2O3S. The van der Waals surface area contributed by atoms with Gasteiger partial charge in [0.15, 0.2) is 0 Å². The number of benzene rings is 2. The van der Waals surface area contributed by atoms with Crippen molar-refractivity contribution in [3.63, 3.8) is 0 Å². The maximum absolute atomic E-state index is 12.2. The van der Waals surface area contributed by atoms with E-state index in [0.29, 0.717) is 72.9 Å². The van der Waals surface area contributed by atoms with Gasteiger partial charge in [0.05, 0.1) is 4.90 Å². The first-order valence-corrected chi connectivity index (χ1v) is 15.4. The Morgan fingerprint density at radius 1 is 0.652 bits per heavy atom. The Morgan fingerprint density at radius 3 is 1.50 bits per heavy atom. The van der Waals surface area contributed by atoms with Crippen molar-refractivity contribution in [2.75, 3.05) is 58.1 Å². The first-order chi connectivity index (χ1) is 21.2. The fourth-order valence-electron chi connectivity index (χ4n) is 3.83. The van der Waals surface area contributed by atoms with Crippen LogP contribution in [0.25, 0.3) is 12.2 Å². The molecule has 0 saturated carbocycles. The molecule has 0 radical (unpaired) electrons. The van der Waals surface area contributed by atoms with Crippen molar-refractivity contribution < 1.29 is 72.1 Å². The summed E-state index contributed by atoms with van der Waals surface area (Å²) in [6, 6.07) is 12.8. The first-order valence-electron chi connectivity index (χ1n) is 14.0. The molecule has 0 unspecified atom stereocenters. The Bertz CT molecular complexity index is 1660. The van der Waals surface area contributed by atoms with Crippen LogP contribution >= 0.6 is 0 Å². The minimum Gasteiger partial charge on any atom is -0.744 e. The molecule has 4 aromatic rings. The fourth-order valence-corrected chi connectivity index (χ4v) is 4.53. The molecule has 0 aliphatic rings. The van der Waals surface area contributed by atoms with Gasteiger partial charge in [-0.1, -0.05) is 12.1 Å². The second kappa shape index (κ2) is 18.9. The standard InChI is InChI=1S/C28H35N12O3S.2Na/c1-5-29-23-35-24(30-6-2)38-27(37-23)33-20-14-10-18(11-15-20)9-12-19-13-16-21(17-22(19)44(41,42)43)34-28-39-25(31-7-3)36-26(40-28)32-8-4;;/h9-10,12-17H,5-8H2,1-4H3,(H,41,42,43)(H3,29,30,33,35,37,38)(H3,31,32,34,36,39,40);;/q-1;2*+1/p-1/b12-9+;;. The van der Waals surface area contributed by atoms with Crippen molar-refractivity contribution in [1.82, 2.24) is 29.9 Å². The van der Waals surface area contributed by atoms with Crippen LogP contribution < -0.4 is 91.0 Å². The first kappa shape index (κ1) is 39.1. The number of rotatable bonds is 15. The minimum absolute atomic E-state index is 0. The van der Waals surface area contributed by atoms with Crippen molar-refractivity contribution in [3.8, 4) is 0 Å². The van der Waals surface area contributed by atoms with Gasteiger partial charge in [0.2, 0.25) is 35.7 Å². The van der Waals surface area contributed by atoms with Gasteiger partial charge in [-0.15, -0.1) is 30.3 Å². The van der Waals surface area contributed by atoms with Crippen LogP contribution in [0.2, 0.25) is 0 Å². The monoisotopic (exact) mass is 664 g/mol. The Kier molecular flexibility index (Phi) is 16.1. The fraction of sp³-hybridized carbons (Fsp3) is 0.286. The molecule has 46 heavy (non-hydrogen) atoms. The molecule has 0 bridgehead atoms. The molecule has 0 amide bonds. The van der Waals surface area contributed by atoms with Crippen molar-refractivity contribution in [2.45, 2.75) is 32.6 Å². The second-order valence-electron chi connectivity index (χ2n) is 9.06. The minimum atomic E-state index is -4.81. The quantitative estimate of drug-likeness (QED) is 0.0357. The summed E-state index contributed by atoms with van der Waals surface area (Å²) < 4.78 is 36.5. The van der Waals surface area contributed by atoms with E-state index in [4.69, 9.17) is 0 Å². The molecule has 2 aromatic heterocycles. The van der Waals surface area contributed by atoms with Crippen molar-refractivity contribution in [2.24, 2.45) is 0 Å². The zero-order valence-electron chi connectivity index (χ0n) is 26.8. The van der Waals surface area contributed by atoms with Crippen LogP contribution in [0.1, 0.15) is 38.8 Å². The molecule has 2 aromatic carbocycles. The number of aromatic nitrogens is 6. The number of nitrogens with zero attached hydrogens (tertiary/aromatic N) is 6. The molecular weight excluding hydrogens is 630 g/mol. The van der Waals surface area contributed by atoms with E-state index >= 15 is 0 Å². The molecule has 15 nitrogen and oxygen atoms in total. The van der Waals surface area contributed by atoms with Gasteiger partial charge < -0.3 is 36.5 Å². The van der Waals surface area contributed by atoms with Gasteiger partial charge in [0.25, 0.3) is 0 Å². The Hall–Kier alpha value is -3.09. The topological polar surface area (TPSA) is 207 Å². The third-order valence-corrected chi connectivity index (χ3v) is 6.58. The molecule has 0 spiro atoms. The number of anilines is 8. The normalized spacial score (nSPS) is 10.8. The molecule has 0 atom stereocenters. The molecule has 232 valence electrons. The number of hydrogen-bond acceptors (Lipinski definition) is 15. The van der Waals surface area contributed by atoms with Gasteiger partial charge in [-0.25, -0.2) is 8.42 Å². The third-order valence-electron chi connectivity index (χ3n) is 5.68. The zero-order chi connectivity index (χ0) is 31.5. The van der Waals surface area contributed by atoms with Gasteiger partial charge in [-0.3, -0.25) is 0 Å². The molecule has 18 heteroatoms. The average Bonchev–Trinajstić information content (AvgIpc) is 2.97. The largest absolute Gasteiger partial charge is 1.00 e. The molecule has 0 aliphatic heterocycles. The Labute approximate surface area is 313 Å². The van der Waals surface area contributed by atoms with Crippen molar-refractivity contribution in [1.29, 1.82) is 0 Å². The maximum Gasteiger partial charge on any atom is 1.00 e. The molecule has 2 heterocycles. The van der Waals surface area contributed by atoms with Crippen molar-refractivity contribution in [3.05, 3.63) is 53.6 Å². The van der Waals surface area contributed by atoms with E-state index in [1.54, 1.807) is 36.4 Å². The second-order valence-corrected chi connectivity index (χ2v) is 10.4. The summed E-state index contributed by atoms with van der Waals surface area (Å²) in [7, 11) is -4.81. The summed E-state index contributed by atoms with van der Waals surface area (Å²) in [5.41, 5.74) is 1.88. The Balaban J connectivity index is 0.00000368. The maximum atomic E-state index is 12.2. The van der Waals surface area contributed by atoms with E-state index in [1.165, 1.54) is 12.1 Å². The predicted octanol–water partition coefficient (Wildman–Crippen LogP) is -1.85. The predicted molar refractivity (Wildman–Crippen MR) is 171 cm³/mol. The van der Waals surface area contributed by atoms with Crippen LogP contribution in [-0.4, -0.2) is 69.1 Å². The summed E-state index contributed by atoms with van der Waals surface area (Å²) in [5.74, 6) is 2.12. The summed E-state index contributed by atoms with van der Waals surface area (Å²) in [4.78, 5) is 25.5. The van der Waals surface area contributed by atoms with Crippen LogP contribution in [0.3, 0.4) is 0 Å². The van der Waals surface area contributed by atoms with Crippen LogP contribution in [-0.2, 0) is 10.1 Å². The molecule has 0 fully saturated rings. The van der Waals surface area contributed by atoms with Crippen LogP contribution in [0.15, 0.2) is 41.3 Å². The van der Waals surface area contributed by atoms with Gasteiger partial charge in [-0.05, 0) is 51.1 Å². The van der Waals surface area contributed by atoms with E-state index in [2.05, 4.69) is 67.9 Å². The van der Waals surface area contributed by atoms with Crippen molar-refractivity contribution >= 4 is 69.3 Å². The smallest absolute Gasteiger partial charge is 0.744 e. The molecule has 0 aliphatic carbocycles. The van der Waals surface area contributed by atoms with Gasteiger partial charge >= 0.3 is 59.1 Å². The molecule has 4 rings (SSSR count). The van der Waals surface area contributed by atoms with Gasteiger partial charge in [0, 0.05) is 31.9 Å². The number of nitrogens with one attached hydrogen (secondary N) is 6. The van der Waals surface area contributed by atoms with Crippen LogP contribution in [0.4, 0.5) is 47.1 Å². The van der Waals surface area contributed by atoms with E-state index in [9.17, 15) is 13.0 Å². The van der Waals surface area contributed by atoms with E-state index in [1.807, 2.05) is 27.7 Å². The zero-order valence-corrected chi connectivity index (χ0v) is 31.6.